The van der Waals surface area contributed by atoms with Gasteiger partial charge in [-0.3, -0.25) is 9.59 Å². The highest BCUT2D eigenvalue weighted by Gasteiger charge is 2.36. The lowest BCUT2D eigenvalue weighted by molar-refractivity contribution is -0.143. The van der Waals surface area contributed by atoms with Gasteiger partial charge >= 0.3 is 18.2 Å². The maximum atomic E-state index is 12.9. The smallest absolute Gasteiger partial charge is 0.416 e. The lowest BCUT2D eigenvalue weighted by Gasteiger charge is -2.31. The molecule has 0 aromatic heterocycles. The third kappa shape index (κ3) is 4.37. The molecule has 1 unspecified atom stereocenters. The number of rotatable bonds is 3. The van der Waals surface area contributed by atoms with Crippen molar-refractivity contribution < 1.29 is 32.7 Å². The van der Waals surface area contributed by atoms with Crippen LogP contribution in [0.4, 0.5) is 23.7 Å². The molecule has 10 heteroatoms. The molecule has 3 amide bonds. The van der Waals surface area contributed by atoms with Gasteiger partial charge in [-0.15, -0.1) is 0 Å². The van der Waals surface area contributed by atoms with Gasteiger partial charge in [0.15, 0.2) is 0 Å². The average molecular weight is 399 g/mol. The molecule has 2 saturated heterocycles. The topological polar surface area (TPSA) is 90.0 Å². The van der Waals surface area contributed by atoms with E-state index in [2.05, 4.69) is 5.32 Å². The summed E-state index contributed by atoms with van der Waals surface area (Å²) in [5, 5.41) is 11.7. The first-order chi connectivity index (χ1) is 13.1. The van der Waals surface area contributed by atoms with Crippen LogP contribution in [0.3, 0.4) is 0 Å². The molecular formula is C18H20F3N3O4. The second kappa shape index (κ2) is 7.69. The van der Waals surface area contributed by atoms with Crippen molar-refractivity contribution in [2.24, 2.45) is 5.92 Å². The lowest BCUT2D eigenvalue weighted by Crippen LogP contribution is -2.49. The molecule has 2 heterocycles. The van der Waals surface area contributed by atoms with E-state index in [1.165, 1.54) is 21.9 Å². The van der Waals surface area contributed by atoms with Gasteiger partial charge in [-0.25, -0.2) is 4.79 Å². The van der Waals surface area contributed by atoms with Gasteiger partial charge in [0.05, 0.1) is 17.5 Å². The number of amides is 3. The Morgan fingerprint density at radius 1 is 1.18 bits per heavy atom. The molecule has 0 spiro atoms. The molecule has 3 rings (SSSR count). The summed E-state index contributed by atoms with van der Waals surface area (Å²) in [5.74, 6) is -1.71. The summed E-state index contributed by atoms with van der Waals surface area (Å²) >= 11 is 0. The average Bonchev–Trinajstić information content (AvgIpc) is 3.01. The van der Waals surface area contributed by atoms with Crippen LogP contribution in [-0.4, -0.2) is 53.6 Å². The van der Waals surface area contributed by atoms with Crippen LogP contribution in [0.2, 0.25) is 0 Å². The first-order valence-corrected chi connectivity index (χ1v) is 8.91. The predicted octanol–water partition coefficient (Wildman–Crippen LogP) is 2.32. The number of halogens is 3. The molecule has 2 aliphatic heterocycles. The van der Waals surface area contributed by atoms with Crippen LogP contribution in [0.5, 0.6) is 0 Å². The number of nitrogens with zero attached hydrogens (tertiary/aromatic N) is 2. The standard InChI is InChI=1S/C18H20F3N3O4/c19-18(20,21)12-2-1-3-14(8-12)24-10-13(9-15(24)25)22-17(28)23-6-4-11(5-7-23)16(26)27/h1-3,8,11,13H,4-7,9-10H2,(H,22,28)(H,26,27). The van der Waals surface area contributed by atoms with Crippen molar-refractivity contribution in [1.29, 1.82) is 0 Å². The fourth-order valence-electron chi connectivity index (χ4n) is 3.50. The quantitative estimate of drug-likeness (QED) is 0.816. The van der Waals surface area contributed by atoms with Gasteiger partial charge in [0.25, 0.3) is 0 Å². The van der Waals surface area contributed by atoms with Crippen molar-refractivity contribution in [2.45, 2.75) is 31.5 Å². The molecule has 0 bridgehead atoms. The first kappa shape index (κ1) is 20.0. The highest BCUT2D eigenvalue weighted by molar-refractivity contribution is 5.96. The molecule has 28 heavy (non-hydrogen) atoms. The van der Waals surface area contributed by atoms with Crippen molar-refractivity contribution in [3.05, 3.63) is 29.8 Å². The van der Waals surface area contributed by atoms with Gasteiger partial charge in [-0.1, -0.05) is 6.07 Å². The third-order valence-electron chi connectivity index (χ3n) is 5.07. The number of hydrogen-bond acceptors (Lipinski definition) is 3. The van der Waals surface area contributed by atoms with Crippen molar-refractivity contribution in [1.82, 2.24) is 10.2 Å². The van der Waals surface area contributed by atoms with Gasteiger partial charge in [-0.2, -0.15) is 13.2 Å². The summed E-state index contributed by atoms with van der Waals surface area (Å²) < 4.78 is 38.6. The van der Waals surface area contributed by atoms with E-state index in [1.54, 1.807) is 0 Å². The molecule has 1 aromatic rings. The van der Waals surface area contributed by atoms with Crippen LogP contribution in [0.25, 0.3) is 0 Å². The van der Waals surface area contributed by atoms with E-state index in [-0.39, 0.29) is 24.6 Å². The number of aliphatic carboxylic acids is 1. The molecule has 0 saturated carbocycles. The Kier molecular flexibility index (Phi) is 5.48. The number of carbonyl (C=O) groups is 3. The van der Waals surface area contributed by atoms with Crippen LogP contribution in [-0.2, 0) is 15.8 Å². The van der Waals surface area contributed by atoms with Crippen LogP contribution in [0.15, 0.2) is 24.3 Å². The van der Waals surface area contributed by atoms with E-state index in [4.69, 9.17) is 5.11 Å². The van der Waals surface area contributed by atoms with E-state index >= 15 is 0 Å². The van der Waals surface area contributed by atoms with Crippen molar-refractivity contribution in [3.8, 4) is 0 Å². The number of benzene rings is 1. The monoisotopic (exact) mass is 399 g/mol. The molecule has 2 fully saturated rings. The number of carboxylic acids is 1. The summed E-state index contributed by atoms with van der Waals surface area (Å²) in [5.41, 5.74) is -0.703. The SMILES string of the molecule is O=C(O)C1CCN(C(=O)NC2CC(=O)N(c3cccc(C(F)(F)F)c3)C2)CC1. The summed E-state index contributed by atoms with van der Waals surface area (Å²) in [4.78, 5) is 38.3. The highest BCUT2D eigenvalue weighted by Crippen LogP contribution is 2.32. The number of nitrogens with one attached hydrogen (secondary N) is 1. The molecular weight excluding hydrogens is 379 g/mol. The number of urea groups is 1. The maximum absolute atomic E-state index is 12.9. The van der Waals surface area contributed by atoms with Crippen LogP contribution in [0, 0.1) is 5.92 Å². The second-order valence-electron chi connectivity index (χ2n) is 7.00. The highest BCUT2D eigenvalue weighted by atomic mass is 19.4. The Balaban J connectivity index is 1.59. The summed E-state index contributed by atoms with van der Waals surface area (Å²) in [6.45, 7) is 0.694. The van der Waals surface area contributed by atoms with Crippen molar-refractivity contribution in [3.63, 3.8) is 0 Å². The molecule has 0 aliphatic carbocycles. The Morgan fingerprint density at radius 3 is 2.46 bits per heavy atom. The number of hydrogen-bond donors (Lipinski definition) is 2. The van der Waals surface area contributed by atoms with E-state index in [9.17, 15) is 27.6 Å². The summed E-state index contributed by atoms with van der Waals surface area (Å²) in [6.07, 6.45) is -3.78. The van der Waals surface area contributed by atoms with Gasteiger partial charge in [0.1, 0.15) is 0 Å². The Bertz CT molecular complexity index is 776. The van der Waals surface area contributed by atoms with Gasteiger partial charge in [0.2, 0.25) is 5.91 Å². The molecule has 2 N–H and O–H groups in total. The van der Waals surface area contributed by atoms with Gasteiger partial charge in [0, 0.05) is 31.7 Å². The largest absolute Gasteiger partial charge is 0.481 e. The zero-order valence-electron chi connectivity index (χ0n) is 14.9. The minimum Gasteiger partial charge on any atom is -0.481 e. The minimum absolute atomic E-state index is 0.00637. The molecule has 1 atom stereocenters. The maximum Gasteiger partial charge on any atom is 0.416 e. The second-order valence-corrected chi connectivity index (χ2v) is 7.00. The predicted molar refractivity (Wildman–Crippen MR) is 92.7 cm³/mol. The van der Waals surface area contributed by atoms with Crippen molar-refractivity contribution >= 4 is 23.6 Å². The van der Waals surface area contributed by atoms with Gasteiger partial charge in [-0.05, 0) is 31.0 Å². The zero-order chi connectivity index (χ0) is 20.5. The summed E-state index contributed by atoms with van der Waals surface area (Å²) in [6, 6.07) is 3.60. The lowest BCUT2D eigenvalue weighted by atomic mass is 9.97. The van der Waals surface area contributed by atoms with E-state index in [1.807, 2.05) is 0 Å². The number of carboxylic acid groups (broad SMARTS) is 1. The van der Waals surface area contributed by atoms with Crippen LogP contribution in [0.1, 0.15) is 24.8 Å². The van der Waals surface area contributed by atoms with Crippen LogP contribution < -0.4 is 10.2 Å². The number of carbonyl (C=O) groups excluding carboxylic acids is 2. The Morgan fingerprint density at radius 2 is 1.86 bits per heavy atom. The number of likely N-dealkylation sites (tertiary alicyclic amines) is 1. The fourth-order valence-corrected chi connectivity index (χ4v) is 3.50. The van der Waals surface area contributed by atoms with E-state index in [0.29, 0.717) is 25.9 Å². The van der Waals surface area contributed by atoms with E-state index in [0.717, 1.165) is 12.1 Å². The fraction of sp³-hybridized carbons (Fsp3) is 0.500. The minimum atomic E-state index is -4.51. The van der Waals surface area contributed by atoms with Gasteiger partial charge < -0.3 is 20.2 Å². The first-order valence-electron chi connectivity index (χ1n) is 8.91. The Hall–Kier alpha value is -2.78. The normalized spacial score (nSPS) is 21.1. The molecule has 152 valence electrons. The molecule has 1 aromatic carbocycles. The number of anilines is 1. The molecule has 0 radical (unpaired) electrons. The zero-order valence-corrected chi connectivity index (χ0v) is 14.9. The summed E-state index contributed by atoms with van der Waals surface area (Å²) in [7, 11) is 0. The Labute approximate surface area is 159 Å². The van der Waals surface area contributed by atoms with E-state index < -0.39 is 35.7 Å². The number of piperidine rings is 1. The molecule has 7 nitrogen and oxygen atoms in total. The van der Waals surface area contributed by atoms with Crippen LogP contribution >= 0.6 is 0 Å². The van der Waals surface area contributed by atoms with Crippen molar-refractivity contribution in [2.75, 3.05) is 24.5 Å². The third-order valence-corrected chi connectivity index (χ3v) is 5.07. The number of alkyl halides is 3. The molecule has 2 aliphatic rings.